The molecule has 1 aromatic rings. The number of amides is 1. The zero-order valence-corrected chi connectivity index (χ0v) is 12.8. The Hall–Kier alpha value is -2.24. The van der Waals surface area contributed by atoms with Crippen molar-refractivity contribution in [2.75, 3.05) is 20.8 Å². The standard InChI is InChI=1S/C15H21NO5/c1-5-16(10(2)8-14(17)18)15(19)12-9-11(20-3)6-7-13(12)21-4/h6-7,9-10H,5,8H2,1-4H3,(H,17,18). The fraction of sp³-hybridized carbons (Fsp3) is 0.467. The van der Waals surface area contributed by atoms with Gasteiger partial charge in [-0.05, 0) is 32.0 Å². The second-order valence-corrected chi connectivity index (χ2v) is 4.60. The molecule has 1 rings (SSSR count). The van der Waals surface area contributed by atoms with Crippen LogP contribution in [0.25, 0.3) is 0 Å². The Bertz CT molecular complexity index is 515. The van der Waals surface area contributed by atoms with Crippen molar-refractivity contribution in [3.8, 4) is 11.5 Å². The van der Waals surface area contributed by atoms with Crippen LogP contribution in [0.2, 0.25) is 0 Å². The summed E-state index contributed by atoms with van der Waals surface area (Å²) in [6, 6.07) is 4.54. The molecule has 0 aliphatic rings. The van der Waals surface area contributed by atoms with Gasteiger partial charge in [0.15, 0.2) is 0 Å². The molecule has 6 nitrogen and oxygen atoms in total. The molecule has 0 saturated carbocycles. The molecule has 1 unspecified atom stereocenters. The number of nitrogens with zero attached hydrogens (tertiary/aromatic N) is 1. The Balaban J connectivity index is 3.11. The summed E-state index contributed by atoms with van der Waals surface area (Å²) in [5.74, 6) is -0.240. The van der Waals surface area contributed by atoms with Crippen LogP contribution in [0.1, 0.15) is 30.6 Å². The van der Waals surface area contributed by atoms with Crippen molar-refractivity contribution < 1.29 is 24.2 Å². The molecule has 0 aliphatic heterocycles. The van der Waals surface area contributed by atoms with E-state index in [1.54, 1.807) is 25.1 Å². The van der Waals surface area contributed by atoms with Gasteiger partial charge in [-0.1, -0.05) is 0 Å². The first-order valence-electron chi connectivity index (χ1n) is 6.69. The van der Waals surface area contributed by atoms with E-state index in [0.717, 1.165) is 0 Å². The lowest BCUT2D eigenvalue weighted by molar-refractivity contribution is -0.138. The van der Waals surface area contributed by atoms with Crippen LogP contribution in [0.4, 0.5) is 0 Å². The first-order valence-corrected chi connectivity index (χ1v) is 6.69. The zero-order valence-electron chi connectivity index (χ0n) is 12.8. The van der Waals surface area contributed by atoms with E-state index in [0.29, 0.717) is 23.6 Å². The van der Waals surface area contributed by atoms with Gasteiger partial charge in [0.05, 0.1) is 26.2 Å². The molecule has 1 amide bonds. The number of carbonyl (C=O) groups is 2. The molecule has 6 heteroatoms. The van der Waals surface area contributed by atoms with Gasteiger partial charge in [0, 0.05) is 12.6 Å². The number of rotatable bonds is 7. The zero-order chi connectivity index (χ0) is 16.0. The molecule has 116 valence electrons. The third-order valence-electron chi connectivity index (χ3n) is 3.24. The lowest BCUT2D eigenvalue weighted by Gasteiger charge is -2.27. The minimum absolute atomic E-state index is 0.105. The molecule has 0 fully saturated rings. The third kappa shape index (κ3) is 4.11. The highest BCUT2D eigenvalue weighted by Gasteiger charge is 2.24. The second-order valence-electron chi connectivity index (χ2n) is 4.60. The van der Waals surface area contributed by atoms with E-state index >= 15 is 0 Å². The van der Waals surface area contributed by atoms with Crippen LogP contribution in [-0.4, -0.2) is 48.7 Å². The molecular weight excluding hydrogens is 274 g/mol. The van der Waals surface area contributed by atoms with Crippen molar-refractivity contribution in [2.45, 2.75) is 26.3 Å². The van der Waals surface area contributed by atoms with Crippen molar-refractivity contribution in [3.05, 3.63) is 23.8 Å². The number of carboxylic acids is 1. The monoisotopic (exact) mass is 295 g/mol. The molecule has 0 spiro atoms. The van der Waals surface area contributed by atoms with Crippen molar-refractivity contribution >= 4 is 11.9 Å². The number of benzene rings is 1. The summed E-state index contributed by atoms with van der Waals surface area (Å²) >= 11 is 0. The first-order chi connectivity index (χ1) is 9.94. The van der Waals surface area contributed by atoms with E-state index in [1.807, 2.05) is 6.92 Å². The van der Waals surface area contributed by atoms with Crippen molar-refractivity contribution in [2.24, 2.45) is 0 Å². The number of carbonyl (C=O) groups excluding carboxylic acids is 1. The summed E-state index contributed by atoms with van der Waals surface area (Å²) in [4.78, 5) is 25.0. The maximum Gasteiger partial charge on any atom is 0.305 e. The van der Waals surface area contributed by atoms with Crippen molar-refractivity contribution in [1.82, 2.24) is 4.90 Å². The molecule has 1 atom stereocenters. The number of carboxylic acid groups (broad SMARTS) is 1. The Labute approximate surface area is 124 Å². The van der Waals surface area contributed by atoms with Gasteiger partial charge in [-0.3, -0.25) is 9.59 Å². The summed E-state index contributed by atoms with van der Waals surface area (Å²) in [6.07, 6.45) is -0.105. The van der Waals surface area contributed by atoms with E-state index in [4.69, 9.17) is 14.6 Å². The van der Waals surface area contributed by atoms with Crippen LogP contribution in [-0.2, 0) is 4.79 Å². The maximum absolute atomic E-state index is 12.6. The quantitative estimate of drug-likeness (QED) is 0.833. The van der Waals surface area contributed by atoms with Gasteiger partial charge in [0.2, 0.25) is 0 Å². The molecule has 0 aromatic heterocycles. The predicted molar refractivity (Wildman–Crippen MR) is 78.0 cm³/mol. The largest absolute Gasteiger partial charge is 0.497 e. The smallest absolute Gasteiger partial charge is 0.305 e. The van der Waals surface area contributed by atoms with E-state index in [9.17, 15) is 9.59 Å². The average molecular weight is 295 g/mol. The highest BCUT2D eigenvalue weighted by Crippen LogP contribution is 2.26. The Kier molecular flexibility index (Phi) is 6.02. The Morgan fingerprint density at radius 1 is 1.29 bits per heavy atom. The van der Waals surface area contributed by atoms with E-state index < -0.39 is 12.0 Å². The first kappa shape index (κ1) is 16.8. The highest BCUT2D eigenvalue weighted by molar-refractivity contribution is 5.97. The fourth-order valence-corrected chi connectivity index (χ4v) is 2.15. The van der Waals surface area contributed by atoms with E-state index in [-0.39, 0.29) is 12.3 Å². The average Bonchev–Trinajstić information content (AvgIpc) is 2.46. The topological polar surface area (TPSA) is 76.1 Å². The maximum atomic E-state index is 12.6. The summed E-state index contributed by atoms with van der Waals surface area (Å²) in [5.41, 5.74) is 0.357. The summed E-state index contributed by atoms with van der Waals surface area (Å²) < 4.78 is 10.3. The SMILES string of the molecule is CCN(C(=O)c1cc(OC)ccc1OC)C(C)CC(=O)O. The molecule has 21 heavy (non-hydrogen) atoms. The van der Waals surface area contributed by atoms with Crippen molar-refractivity contribution in [1.29, 1.82) is 0 Å². The summed E-state index contributed by atoms with van der Waals surface area (Å²) in [6.45, 7) is 3.93. The van der Waals surface area contributed by atoms with Gasteiger partial charge < -0.3 is 19.5 Å². The van der Waals surface area contributed by atoms with E-state index in [2.05, 4.69) is 0 Å². The molecule has 1 aromatic carbocycles. The minimum Gasteiger partial charge on any atom is -0.497 e. The van der Waals surface area contributed by atoms with Gasteiger partial charge in [0.1, 0.15) is 11.5 Å². The molecule has 0 heterocycles. The van der Waals surface area contributed by atoms with Crippen LogP contribution < -0.4 is 9.47 Å². The number of aliphatic carboxylic acids is 1. The molecule has 1 N–H and O–H groups in total. The third-order valence-corrected chi connectivity index (χ3v) is 3.24. The lowest BCUT2D eigenvalue weighted by Crippen LogP contribution is -2.39. The van der Waals surface area contributed by atoms with Gasteiger partial charge in [-0.15, -0.1) is 0 Å². The van der Waals surface area contributed by atoms with Crippen LogP contribution in [0.15, 0.2) is 18.2 Å². The Morgan fingerprint density at radius 2 is 1.95 bits per heavy atom. The Morgan fingerprint density at radius 3 is 2.43 bits per heavy atom. The number of hydrogen-bond donors (Lipinski definition) is 1. The van der Waals surface area contributed by atoms with Gasteiger partial charge in [-0.2, -0.15) is 0 Å². The molecule has 0 saturated heterocycles. The molecule has 0 aliphatic carbocycles. The van der Waals surface area contributed by atoms with Crippen LogP contribution >= 0.6 is 0 Å². The van der Waals surface area contributed by atoms with Crippen LogP contribution in [0.5, 0.6) is 11.5 Å². The number of methoxy groups -OCH3 is 2. The van der Waals surface area contributed by atoms with Gasteiger partial charge >= 0.3 is 5.97 Å². The normalized spacial score (nSPS) is 11.6. The van der Waals surface area contributed by atoms with Crippen molar-refractivity contribution in [3.63, 3.8) is 0 Å². The molecular formula is C15H21NO5. The molecule has 0 radical (unpaired) electrons. The van der Waals surface area contributed by atoms with E-state index in [1.165, 1.54) is 19.1 Å². The van der Waals surface area contributed by atoms with Crippen LogP contribution in [0, 0.1) is 0 Å². The van der Waals surface area contributed by atoms with Gasteiger partial charge in [0.25, 0.3) is 5.91 Å². The van der Waals surface area contributed by atoms with Crippen LogP contribution in [0.3, 0.4) is 0 Å². The second kappa shape index (κ2) is 7.52. The lowest BCUT2D eigenvalue weighted by atomic mass is 10.1. The number of ether oxygens (including phenoxy) is 2. The molecule has 0 bridgehead atoms. The fourth-order valence-electron chi connectivity index (χ4n) is 2.15. The predicted octanol–water partition coefficient (Wildman–Crippen LogP) is 2.03. The minimum atomic E-state index is -0.939. The highest BCUT2D eigenvalue weighted by atomic mass is 16.5. The summed E-state index contributed by atoms with van der Waals surface area (Å²) in [7, 11) is 3.00. The van der Waals surface area contributed by atoms with Gasteiger partial charge in [-0.25, -0.2) is 0 Å². The number of hydrogen-bond acceptors (Lipinski definition) is 4. The summed E-state index contributed by atoms with van der Waals surface area (Å²) in [5, 5.41) is 8.88.